The van der Waals surface area contributed by atoms with E-state index in [9.17, 15) is 0 Å². The molecule has 27 heavy (non-hydrogen) atoms. The highest BCUT2D eigenvalue weighted by atomic mass is 35.5. The normalized spacial score (nSPS) is 23.5. The Labute approximate surface area is 166 Å². The molecule has 4 heterocycles. The Balaban J connectivity index is 1.38. The molecule has 0 saturated carbocycles. The van der Waals surface area contributed by atoms with Crippen molar-refractivity contribution in [3.8, 4) is 0 Å². The maximum Gasteiger partial charge on any atom is 0.0961 e. The van der Waals surface area contributed by atoms with Crippen molar-refractivity contribution in [2.45, 2.75) is 50.6 Å². The molecule has 0 radical (unpaired) electrons. The second-order valence-electron chi connectivity index (χ2n) is 8.36. The fourth-order valence-corrected chi connectivity index (χ4v) is 5.64. The summed E-state index contributed by atoms with van der Waals surface area (Å²) in [7, 11) is 0. The lowest BCUT2D eigenvalue weighted by Gasteiger charge is -2.38. The third kappa shape index (κ3) is 3.34. The minimum Gasteiger partial charge on any atom is -0.370 e. The van der Waals surface area contributed by atoms with Gasteiger partial charge in [-0.25, -0.2) is 4.98 Å². The van der Waals surface area contributed by atoms with Gasteiger partial charge in [-0.15, -0.1) is 0 Å². The quantitative estimate of drug-likeness (QED) is 0.871. The summed E-state index contributed by atoms with van der Waals surface area (Å²) in [5, 5.41) is 4.34. The van der Waals surface area contributed by atoms with E-state index in [2.05, 4.69) is 36.8 Å². The molecule has 0 aliphatic carbocycles. The number of hydrogen-bond donors (Lipinski definition) is 1. The van der Waals surface area contributed by atoms with E-state index in [0.717, 1.165) is 61.1 Å². The van der Waals surface area contributed by atoms with Crippen molar-refractivity contribution in [2.24, 2.45) is 0 Å². The number of nitrogens with zero attached hydrogens (tertiary/aromatic N) is 4. The Morgan fingerprint density at radius 2 is 1.67 bits per heavy atom. The smallest absolute Gasteiger partial charge is 0.0961 e. The zero-order valence-electron chi connectivity index (χ0n) is 16.0. The van der Waals surface area contributed by atoms with E-state index in [-0.39, 0.29) is 0 Å². The number of piperidine rings is 2. The Morgan fingerprint density at radius 3 is 2.41 bits per heavy atom. The SMILES string of the molecule is Clc1c(N2CCC(N3CCCC3)CC2)ccc2ncn(C3CCNCC3)c12. The molecule has 0 bridgehead atoms. The minimum atomic E-state index is 0.505. The summed E-state index contributed by atoms with van der Waals surface area (Å²) in [4.78, 5) is 9.84. The Bertz CT molecular complexity index is 783. The summed E-state index contributed by atoms with van der Waals surface area (Å²) in [6, 6.07) is 5.61. The number of aromatic nitrogens is 2. The molecule has 3 aliphatic heterocycles. The van der Waals surface area contributed by atoms with Gasteiger partial charge < -0.3 is 19.7 Å². The number of rotatable bonds is 3. The highest BCUT2D eigenvalue weighted by molar-refractivity contribution is 6.37. The molecule has 0 atom stereocenters. The molecule has 3 aliphatic rings. The van der Waals surface area contributed by atoms with Crippen molar-refractivity contribution in [1.82, 2.24) is 19.8 Å². The van der Waals surface area contributed by atoms with Crippen molar-refractivity contribution >= 4 is 28.3 Å². The van der Waals surface area contributed by atoms with Crippen LogP contribution in [0.3, 0.4) is 0 Å². The van der Waals surface area contributed by atoms with Gasteiger partial charge in [0, 0.05) is 25.2 Å². The first kappa shape index (κ1) is 17.8. The van der Waals surface area contributed by atoms with Gasteiger partial charge in [0.1, 0.15) is 0 Å². The molecular weight excluding hydrogens is 358 g/mol. The zero-order valence-corrected chi connectivity index (χ0v) is 16.8. The summed E-state index contributed by atoms with van der Waals surface area (Å²) in [5.74, 6) is 0. The average Bonchev–Trinajstić information content (AvgIpc) is 3.40. The lowest BCUT2D eigenvalue weighted by molar-refractivity contribution is 0.208. The highest BCUT2D eigenvalue weighted by Crippen LogP contribution is 2.37. The van der Waals surface area contributed by atoms with Crippen molar-refractivity contribution in [3.05, 3.63) is 23.5 Å². The highest BCUT2D eigenvalue weighted by Gasteiger charge is 2.28. The predicted octanol–water partition coefficient (Wildman–Crippen LogP) is 3.68. The van der Waals surface area contributed by atoms with E-state index in [1.807, 2.05) is 6.33 Å². The Morgan fingerprint density at radius 1 is 0.926 bits per heavy atom. The molecule has 1 aromatic carbocycles. The molecular formula is C21H30ClN5. The van der Waals surface area contributed by atoms with Crippen LogP contribution in [0, 0.1) is 0 Å². The van der Waals surface area contributed by atoms with E-state index < -0.39 is 0 Å². The molecule has 3 saturated heterocycles. The largest absolute Gasteiger partial charge is 0.370 e. The molecule has 5 rings (SSSR count). The van der Waals surface area contributed by atoms with Crippen molar-refractivity contribution in [3.63, 3.8) is 0 Å². The van der Waals surface area contributed by atoms with Crippen LogP contribution in [0.25, 0.3) is 11.0 Å². The first-order chi connectivity index (χ1) is 13.3. The monoisotopic (exact) mass is 387 g/mol. The molecule has 146 valence electrons. The van der Waals surface area contributed by atoms with Crippen molar-refractivity contribution < 1.29 is 0 Å². The van der Waals surface area contributed by atoms with Gasteiger partial charge >= 0.3 is 0 Å². The van der Waals surface area contributed by atoms with Crippen LogP contribution >= 0.6 is 11.6 Å². The van der Waals surface area contributed by atoms with Gasteiger partial charge in [-0.2, -0.15) is 0 Å². The lowest BCUT2D eigenvalue weighted by Crippen LogP contribution is -2.44. The molecule has 2 aromatic rings. The van der Waals surface area contributed by atoms with Crippen LogP contribution in [0.15, 0.2) is 18.5 Å². The first-order valence-corrected chi connectivity index (χ1v) is 11.0. The molecule has 0 amide bonds. The minimum absolute atomic E-state index is 0.505. The maximum absolute atomic E-state index is 6.98. The van der Waals surface area contributed by atoms with E-state index >= 15 is 0 Å². The number of nitrogens with one attached hydrogen (secondary N) is 1. The number of likely N-dealkylation sites (tertiary alicyclic amines) is 1. The fraction of sp³-hybridized carbons (Fsp3) is 0.667. The third-order valence-electron chi connectivity index (χ3n) is 6.82. The fourth-order valence-electron chi connectivity index (χ4n) is 5.26. The molecule has 6 heteroatoms. The summed E-state index contributed by atoms with van der Waals surface area (Å²) in [5.41, 5.74) is 3.34. The second kappa shape index (κ2) is 7.61. The van der Waals surface area contributed by atoms with Gasteiger partial charge in [0.2, 0.25) is 0 Å². The van der Waals surface area contributed by atoms with E-state index in [1.54, 1.807) is 0 Å². The first-order valence-electron chi connectivity index (χ1n) is 10.7. The molecule has 1 aromatic heterocycles. The molecule has 0 spiro atoms. The standard InChI is InChI=1S/C21H30ClN5/c22-20-19(26-13-7-16(8-14-26)25-11-1-2-12-25)4-3-18-21(20)27(15-24-18)17-5-9-23-10-6-17/h3-4,15-17,23H,1-2,5-14H2. The average molecular weight is 388 g/mol. The van der Waals surface area contributed by atoms with Crippen LogP contribution in [0.4, 0.5) is 5.69 Å². The van der Waals surface area contributed by atoms with Crippen molar-refractivity contribution in [1.29, 1.82) is 0 Å². The lowest BCUT2D eigenvalue weighted by atomic mass is 10.0. The van der Waals surface area contributed by atoms with Gasteiger partial charge in [-0.05, 0) is 76.8 Å². The van der Waals surface area contributed by atoms with Gasteiger partial charge in [0.15, 0.2) is 0 Å². The van der Waals surface area contributed by atoms with Gasteiger partial charge in [-0.3, -0.25) is 0 Å². The zero-order chi connectivity index (χ0) is 18.2. The van der Waals surface area contributed by atoms with Crippen LogP contribution in [-0.2, 0) is 0 Å². The van der Waals surface area contributed by atoms with Crippen LogP contribution in [0.2, 0.25) is 5.02 Å². The van der Waals surface area contributed by atoms with Gasteiger partial charge in [0.25, 0.3) is 0 Å². The number of hydrogen-bond acceptors (Lipinski definition) is 4. The summed E-state index contributed by atoms with van der Waals surface area (Å²) in [6.07, 6.45) is 9.55. The number of imidazole rings is 1. The van der Waals surface area contributed by atoms with Crippen LogP contribution in [0.5, 0.6) is 0 Å². The second-order valence-corrected chi connectivity index (χ2v) is 8.74. The van der Waals surface area contributed by atoms with Crippen molar-refractivity contribution in [2.75, 3.05) is 44.2 Å². The number of fused-ring (bicyclic) bond motifs is 1. The topological polar surface area (TPSA) is 36.3 Å². The van der Waals surface area contributed by atoms with E-state index in [4.69, 9.17) is 11.6 Å². The summed E-state index contributed by atoms with van der Waals surface area (Å²) >= 11 is 6.98. The Kier molecular flexibility index (Phi) is 5.01. The summed E-state index contributed by atoms with van der Waals surface area (Å²) < 4.78 is 2.33. The molecule has 3 fully saturated rings. The number of anilines is 1. The van der Waals surface area contributed by atoms with Gasteiger partial charge in [-0.1, -0.05) is 11.6 Å². The van der Waals surface area contributed by atoms with Crippen LogP contribution in [-0.4, -0.2) is 59.8 Å². The maximum atomic E-state index is 6.98. The molecule has 0 unspecified atom stereocenters. The van der Waals surface area contributed by atoms with E-state index in [1.165, 1.54) is 44.5 Å². The van der Waals surface area contributed by atoms with E-state index in [0.29, 0.717) is 6.04 Å². The van der Waals surface area contributed by atoms with Crippen LogP contribution in [0.1, 0.15) is 44.6 Å². The Hall–Kier alpha value is -1.30. The number of halogens is 1. The number of benzene rings is 1. The third-order valence-corrected chi connectivity index (χ3v) is 7.19. The molecule has 1 N–H and O–H groups in total. The predicted molar refractivity (Wildman–Crippen MR) is 112 cm³/mol. The van der Waals surface area contributed by atoms with Gasteiger partial charge in [0.05, 0.1) is 28.1 Å². The summed E-state index contributed by atoms with van der Waals surface area (Å²) in [6.45, 7) is 6.96. The molecule has 5 nitrogen and oxygen atoms in total. The van der Waals surface area contributed by atoms with Crippen LogP contribution < -0.4 is 10.2 Å².